The van der Waals surface area contributed by atoms with Gasteiger partial charge >= 0.3 is 0 Å². The van der Waals surface area contributed by atoms with Gasteiger partial charge in [-0.25, -0.2) is 0 Å². The van der Waals surface area contributed by atoms with E-state index in [0.29, 0.717) is 114 Å². The lowest BCUT2D eigenvalue weighted by atomic mass is 10.1. The van der Waals surface area contributed by atoms with Crippen molar-refractivity contribution < 1.29 is 47.5 Å². The Morgan fingerprint density at radius 3 is 1.89 bits per heavy atom. The van der Waals surface area contributed by atoms with Crippen molar-refractivity contribution in [3.8, 4) is 40.2 Å². The fourth-order valence-electron chi connectivity index (χ4n) is 7.38. The maximum absolute atomic E-state index is 13.8. The molecule has 3 aromatic carbocycles. The number of methoxy groups -OCH3 is 5. The first kappa shape index (κ1) is 47.0. The molecule has 14 nitrogen and oxygen atoms in total. The molecule has 0 bridgehead atoms. The first-order valence-corrected chi connectivity index (χ1v) is 22.7. The highest BCUT2D eigenvalue weighted by Gasteiger charge is 2.36. The molecule has 2 N–H and O–H groups in total. The van der Waals surface area contributed by atoms with Crippen molar-refractivity contribution in [2.24, 2.45) is 0 Å². The van der Waals surface area contributed by atoms with E-state index in [9.17, 15) is 14.4 Å². The molecule has 2 saturated heterocycles. The van der Waals surface area contributed by atoms with Crippen molar-refractivity contribution in [2.75, 3.05) is 98.7 Å². The second-order valence-corrected chi connectivity index (χ2v) is 17.4. The van der Waals surface area contributed by atoms with Crippen LogP contribution in [0, 0.1) is 0 Å². The van der Waals surface area contributed by atoms with Crippen LogP contribution in [-0.2, 0) is 4.79 Å². The van der Waals surface area contributed by atoms with Gasteiger partial charge in [0.25, 0.3) is 11.8 Å². The molecule has 0 saturated carbocycles. The van der Waals surface area contributed by atoms with Crippen molar-refractivity contribution in [1.82, 2.24) is 14.7 Å². The van der Waals surface area contributed by atoms with Crippen LogP contribution in [0.4, 0.5) is 5.69 Å². The molecule has 0 unspecified atom stereocenters. The molecule has 1 atom stereocenters. The van der Waals surface area contributed by atoms with Gasteiger partial charge in [-0.1, -0.05) is 19.9 Å². The molecular weight excluding hydrogens is 821 g/mol. The standard InChI is InChI=1S/C45H60N4O10S2/c1-8-60-45(61-9-2)34-13-12-18-49(34)44(52)32-28-37(54-4)38(29-33(32)46)59-24-11-10-23-58-35-16-14-30(25-36(35)53-3)15-17-41(50)47-19-21-48(22-20-47)43(51)31-26-39(55-5)42(57-7)40(27-31)56-6/h14-17,25-29,34,45H,8-13,18-24,46H2,1-7H3/b17-15+/t34-/m0/s1. The van der Waals surface area contributed by atoms with Crippen LogP contribution in [0.1, 0.15) is 65.8 Å². The first-order valence-electron chi connectivity index (χ1n) is 20.6. The zero-order chi connectivity index (χ0) is 43.9. The summed E-state index contributed by atoms with van der Waals surface area (Å²) in [6.07, 6.45) is 6.64. The van der Waals surface area contributed by atoms with Gasteiger partial charge in [0.1, 0.15) is 0 Å². The predicted octanol–water partition coefficient (Wildman–Crippen LogP) is 6.98. The molecule has 5 rings (SSSR count). The van der Waals surface area contributed by atoms with Crippen molar-refractivity contribution in [1.29, 1.82) is 0 Å². The number of nitrogens with two attached hydrogens (primary N) is 1. The number of rotatable bonds is 21. The van der Waals surface area contributed by atoms with Crippen molar-refractivity contribution in [2.45, 2.75) is 50.2 Å². The van der Waals surface area contributed by atoms with Gasteiger partial charge in [0.2, 0.25) is 11.7 Å². The smallest absolute Gasteiger partial charge is 0.256 e. The van der Waals surface area contributed by atoms with E-state index in [-0.39, 0.29) is 23.8 Å². The van der Waals surface area contributed by atoms with Crippen molar-refractivity contribution >= 4 is 53.0 Å². The van der Waals surface area contributed by atoms with E-state index in [1.165, 1.54) is 27.4 Å². The summed E-state index contributed by atoms with van der Waals surface area (Å²) in [7, 11) is 7.65. The van der Waals surface area contributed by atoms with Crippen LogP contribution in [0.2, 0.25) is 0 Å². The minimum atomic E-state index is -0.181. The average molecular weight is 881 g/mol. The number of benzene rings is 3. The number of unbranched alkanes of at least 4 members (excludes halogenated alkanes) is 1. The fraction of sp³-hybridized carbons (Fsp3) is 0.489. The molecule has 2 fully saturated rings. The third-order valence-corrected chi connectivity index (χ3v) is 13.3. The molecule has 3 aromatic rings. The maximum Gasteiger partial charge on any atom is 0.256 e. The zero-order valence-electron chi connectivity index (χ0n) is 36.4. The molecule has 0 aromatic heterocycles. The number of thioether (sulfide) groups is 2. The largest absolute Gasteiger partial charge is 0.493 e. The van der Waals surface area contributed by atoms with Gasteiger partial charge in [0, 0.05) is 56.1 Å². The number of carbonyl (C=O) groups is 3. The summed E-state index contributed by atoms with van der Waals surface area (Å²) in [6.45, 7) is 7.43. The Labute approximate surface area is 368 Å². The Bertz CT molecular complexity index is 1960. The molecule has 2 aliphatic rings. The van der Waals surface area contributed by atoms with Crippen LogP contribution in [0.25, 0.3) is 6.08 Å². The van der Waals surface area contributed by atoms with E-state index in [0.717, 1.165) is 36.5 Å². The number of ether oxygens (including phenoxy) is 7. The highest BCUT2D eigenvalue weighted by molar-refractivity contribution is 8.17. The average Bonchev–Trinajstić information content (AvgIpc) is 3.78. The van der Waals surface area contributed by atoms with E-state index in [4.69, 9.17) is 38.9 Å². The van der Waals surface area contributed by atoms with Gasteiger partial charge < -0.3 is 53.6 Å². The molecule has 332 valence electrons. The highest BCUT2D eigenvalue weighted by atomic mass is 32.2. The molecule has 61 heavy (non-hydrogen) atoms. The van der Waals surface area contributed by atoms with Crippen LogP contribution < -0.4 is 38.9 Å². The number of hydrogen-bond acceptors (Lipinski definition) is 13. The first-order chi connectivity index (χ1) is 29.6. The fourth-order valence-corrected chi connectivity index (χ4v) is 10.2. The van der Waals surface area contributed by atoms with E-state index < -0.39 is 0 Å². The van der Waals surface area contributed by atoms with Crippen LogP contribution >= 0.6 is 23.5 Å². The predicted molar refractivity (Wildman–Crippen MR) is 242 cm³/mol. The van der Waals surface area contributed by atoms with Gasteiger partial charge in [-0.3, -0.25) is 14.4 Å². The molecule has 0 spiro atoms. The van der Waals surface area contributed by atoms with E-state index in [1.807, 2.05) is 46.6 Å². The lowest BCUT2D eigenvalue weighted by Crippen LogP contribution is -2.50. The monoisotopic (exact) mass is 880 g/mol. The minimum Gasteiger partial charge on any atom is -0.493 e. The number of anilines is 1. The lowest BCUT2D eigenvalue weighted by molar-refractivity contribution is -0.127. The topological polar surface area (TPSA) is 152 Å². The van der Waals surface area contributed by atoms with Gasteiger partial charge in [0.05, 0.1) is 65.0 Å². The van der Waals surface area contributed by atoms with Crippen LogP contribution in [-0.4, -0.2) is 136 Å². The second kappa shape index (κ2) is 23.2. The molecule has 3 amide bonds. The number of likely N-dealkylation sites (tertiary alicyclic amines) is 1. The Morgan fingerprint density at radius 2 is 1.30 bits per heavy atom. The molecular formula is C45H60N4O10S2. The Balaban J connectivity index is 1.07. The summed E-state index contributed by atoms with van der Waals surface area (Å²) in [4.78, 5) is 45.6. The normalized spacial score (nSPS) is 15.3. The van der Waals surface area contributed by atoms with Gasteiger partial charge in [-0.05, 0) is 79.2 Å². The Hall–Kier alpha value is -5.09. The highest BCUT2D eigenvalue weighted by Crippen LogP contribution is 2.40. The summed E-state index contributed by atoms with van der Waals surface area (Å²) < 4.78 is 39.9. The van der Waals surface area contributed by atoms with Crippen LogP contribution in [0.5, 0.6) is 40.2 Å². The SMILES string of the molecule is CCSC(SCC)[C@@H]1CCCN1C(=O)c1cc(OC)c(OCCCCOc2ccc(/C=C/C(=O)N3CCN(C(=O)c4cc(OC)c(OC)c(OC)c4)CC3)cc2OC)cc1N. The molecule has 0 aliphatic carbocycles. The number of hydrogen-bond donors (Lipinski definition) is 1. The molecule has 2 aliphatic heterocycles. The number of amides is 3. The lowest BCUT2D eigenvalue weighted by Gasteiger charge is -2.34. The van der Waals surface area contributed by atoms with Gasteiger partial charge in [-0.15, -0.1) is 23.5 Å². The van der Waals surface area contributed by atoms with E-state index >= 15 is 0 Å². The minimum absolute atomic E-state index is 0.0655. The van der Waals surface area contributed by atoms with Crippen molar-refractivity contribution in [3.63, 3.8) is 0 Å². The Morgan fingerprint density at radius 1 is 0.705 bits per heavy atom. The van der Waals surface area contributed by atoms with Gasteiger partial charge in [-0.2, -0.15) is 0 Å². The molecule has 16 heteroatoms. The van der Waals surface area contributed by atoms with E-state index in [1.54, 1.807) is 54.4 Å². The third-order valence-electron chi connectivity index (χ3n) is 10.6. The number of nitrogens with zero attached hydrogens (tertiary/aromatic N) is 3. The van der Waals surface area contributed by atoms with Gasteiger partial charge in [0.15, 0.2) is 34.5 Å². The second-order valence-electron chi connectivity index (χ2n) is 14.3. The Kier molecular flexibility index (Phi) is 17.9. The van der Waals surface area contributed by atoms with E-state index in [2.05, 4.69) is 13.8 Å². The molecule has 0 radical (unpaired) electrons. The van der Waals surface area contributed by atoms with Crippen molar-refractivity contribution in [3.05, 3.63) is 65.2 Å². The third kappa shape index (κ3) is 11.8. The number of nitrogen functional groups attached to an aromatic ring is 1. The summed E-state index contributed by atoms with van der Waals surface area (Å²) in [6, 6.07) is 12.3. The zero-order valence-corrected chi connectivity index (χ0v) is 38.0. The quantitative estimate of drug-likeness (QED) is 0.0508. The summed E-state index contributed by atoms with van der Waals surface area (Å²) in [5, 5.41) is 0. The summed E-state index contributed by atoms with van der Waals surface area (Å²) in [5.41, 5.74) is 8.45. The number of piperazine rings is 1. The summed E-state index contributed by atoms with van der Waals surface area (Å²) >= 11 is 3.81. The maximum atomic E-state index is 13.8. The van der Waals surface area contributed by atoms with Crippen LogP contribution in [0.3, 0.4) is 0 Å². The van der Waals surface area contributed by atoms with Crippen LogP contribution in [0.15, 0.2) is 48.5 Å². The summed E-state index contributed by atoms with van der Waals surface area (Å²) in [5.74, 6) is 4.91. The molecule has 2 heterocycles. The number of carbonyl (C=O) groups excluding carboxylic acids is 3.